The number of nitrogens with zero attached hydrogens (tertiary/aromatic N) is 3. The standard InChI is InChI=1S/C49H40N4O/c1-2-33-32-40(34-16-6-3-7-17-34)50-49(51-47(33)35-18-8-4-9-19-35)36-26-28-38(29-27-36)52-41-23-13-12-22-39(41)46-43(52)30-31-44-48(46)54-45-25-15-14-24-42(45)53(44)37-20-10-5-11-21-37/h3-16,18-34,47H,2,17H2,1H3,(H,50,51). The van der Waals surface area contributed by atoms with Crippen molar-refractivity contribution in [1.82, 2.24) is 9.88 Å². The lowest BCUT2D eigenvalue weighted by atomic mass is 9.87. The van der Waals surface area contributed by atoms with Crippen LogP contribution in [0.3, 0.4) is 0 Å². The normalized spacial score (nSPS) is 19.0. The molecule has 54 heavy (non-hydrogen) atoms. The zero-order valence-electron chi connectivity index (χ0n) is 30.1. The Bertz CT molecular complexity index is 2630. The van der Waals surface area contributed by atoms with Crippen LogP contribution in [0.5, 0.6) is 11.5 Å². The Morgan fingerprint density at radius 2 is 1.46 bits per heavy atom. The van der Waals surface area contributed by atoms with Crippen molar-refractivity contribution in [3.8, 4) is 17.2 Å². The number of amidine groups is 1. The summed E-state index contributed by atoms with van der Waals surface area (Å²) in [6.45, 7) is 2.28. The van der Waals surface area contributed by atoms with E-state index in [1.807, 2.05) is 6.07 Å². The lowest BCUT2D eigenvalue weighted by molar-refractivity contribution is 0.467. The predicted octanol–water partition coefficient (Wildman–Crippen LogP) is 12.5. The number of benzene rings is 6. The molecular formula is C49H40N4O. The second kappa shape index (κ2) is 13.4. The highest BCUT2D eigenvalue weighted by atomic mass is 16.5. The molecule has 0 bridgehead atoms. The number of aromatic nitrogens is 1. The lowest BCUT2D eigenvalue weighted by Gasteiger charge is -2.33. The van der Waals surface area contributed by atoms with E-state index in [1.165, 1.54) is 5.56 Å². The second-order valence-electron chi connectivity index (χ2n) is 14.3. The molecule has 10 rings (SSSR count). The summed E-state index contributed by atoms with van der Waals surface area (Å²) in [4.78, 5) is 7.70. The first-order valence-electron chi connectivity index (χ1n) is 19.0. The molecule has 0 radical (unpaired) electrons. The van der Waals surface area contributed by atoms with Crippen molar-refractivity contribution in [3.05, 3.63) is 193 Å². The molecule has 1 N–H and O–H groups in total. The van der Waals surface area contributed by atoms with Crippen LogP contribution in [0, 0.1) is 11.8 Å². The van der Waals surface area contributed by atoms with Gasteiger partial charge in [-0.1, -0.05) is 116 Å². The molecule has 3 atom stereocenters. The maximum absolute atomic E-state index is 6.84. The van der Waals surface area contributed by atoms with Gasteiger partial charge in [0.05, 0.1) is 33.8 Å². The predicted molar refractivity (Wildman–Crippen MR) is 223 cm³/mol. The average molecular weight is 701 g/mol. The molecule has 6 aromatic carbocycles. The van der Waals surface area contributed by atoms with Gasteiger partial charge in [-0.15, -0.1) is 0 Å². The third-order valence-corrected chi connectivity index (χ3v) is 11.1. The zero-order chi connectivity index (χ0) is 36.0. The van der Waals surface area contributed by atoms with Gasteiger partial charge >= 0.3 is 0 Å². The van der Waals surface area contributed by atoms with Crippen molar-refractivity contribution in [3.63, 3.8) is 0 Å². The molecule has 0 saturated carbocycles. The number of allylic oxidation sites excluding steroid dienone is 4. The molecule has 0 spiro atoms. The van der Waals surface area contributed by atoms with Crippen LogP contribution in [0.15, 0.2) is 187 Å². The summed E-state index contributed by atoms with van der Waals surface area (Å²) in [6, 6.07) is 51.7. The molecule has 0 fully saturated rings. The first-order valence-corrected chi connectivity index (χ1v) is 19.0. The summed E-state index contributed by atoms with van der Waals surface area (Å²) < 4.78 is 9.20. The van der Waals surface area contributed by atoms with Gasteiger partial charge in [-0.2, -0.15) is 0 Å². The highest BCUT2D eigenvalue weighted by Crippen LogP contribution is 2.54. The molecule has 1 aromatic heterocycles. The fraction of sp³-hybridized carbons (Fsp3) is 0.122. The Morgan fingerprint density at radius 3 is 2.26 bits per heavy atom. The molecule has 5 nitrogen and oxygen atoms in total. The minimum absolute atomic E-state index is 0.110. The average Bonchev–Trinajstić information content (AvgIpc) is 3.45. The van der Waals surface area contributed by atoms with Gasteiger partial charge in [-0.3, -0.25) is 0 Å². The molecule has 3 heterocycles. The third-order valence-electron chi connectivity index (χ3n) is 11.1. The summed E-state index contributed by atoms with van der Waals surface area (Å²) in [5.41, 5.74) is 9.91. The first-order chi connectivity index (χ1) is 26.7. The van der Waals surface area contributed by atoms with Crippen LogP contribution in [0.4, 0.5) is 17.1 Å². The third kappa shape index (κ3) is 5.43. The summed E-state index contributed by atoms with van der Waals surface area (Å²) in [6.07, 6.45) is 13.2. The number of para-hydroxylation sites is 4. The van der Waals surface area contributed by atoms with E-state index in [1.54, 1.807) is 0 Å². The number of anilines is 3. The SMILES string of the molecule is CCC1C=C(C2C=CC=CC2)N=C(c2ccc(-n3c4ccccc4c4c5c(ccc43)N(c3ccccc3)c3ccccc3O5)cc2)NC1c1ccccc1. The Labute approximate surface area is 315 Å². The summed E-state index contributed by atoms with van der Waals surface area (Å²) in [5.74, 6) is 3.17. The van der Waals surface area contributed by atoms with Crippen LogP contribution >= 0.6 is 0 Å². The van der Waals surface area contributed by atoms with Gasteiger partial charge in [0.15, 0.2) is 11.5 Å². The number of hydrogen-bond donors (Lipinski definition) is 1. The molecule has 7 aromatic rings. The number of ether oxygens (including phenoxy) is 1. The van der Waals surface area contributed by atoms with Crippen LogP contribution < -0.4 is 15.0 Å². The molecule has 3 unspecified atom stereocenters. The van der Waals surface area contributed by atoms with Gasteiger partial charge in [0.2, 0.25) is 0 Å². The van der Waals surface area contributed by atoms with Crippen molar-refractivity contribution in [2.24, 2.45) is 16.8 Å². The van der Waals surface area contributed by atoms with Gasteiger partial charge < -0.3 is 19.5 Å². The van der Waals surface area contributed by atoms with E-state index in [0.717, 1.165) is 86.0 Å². The molecule has 0 amide bonds. The van der Waals surface area contributed by atoms with Crippen molar-refractivity contribution < 1.29 is 4.74 Å². The van der Waals surface area contributed by atoms with Crippen molar-refractivity contribution in [1.29, 1.82) is 0 Å². The lowest BCUT2D eigenvalue weighted by Crippen LogP contribution is -2.32. The van der Waals surface area contributed by atoms with E-state index in [0.29, 0.717) is 5.92 Å². The van der Waals surface area contributed by atoms with E-state index in [-0.39, 0.29) is 12.0 Å². The number of fused-ring (bicyclic) bond motifs is 6. The number of rotatable bonds is 6. The fourth-order valence-electron chi connectivity index (χ4n) is 8.43. The van der Waals surface area contributed by atoms with E-state index >= 15 is 0 Å². The molecule has 3 aliphatic rings. The minimum atomic E-state index is 0.110. The number of aliphatic imine (C=N–C) groups is 1. The van der Waals surface area contributed by atoms with Crippen molar-refractivity contribution in [2.75, 3.05) is 4.90 Å². The highest BCUT2D eigenvalue weighted by molar-refractivity contribution is 6.15. The van der Waals surface area contributed by atoms with Gasteiger partial charge in [-0.05, 0) is 85.1 Å². The van der Waals surface area contributed by atoms with Gasteiger partial charge in [0.25, 0.3) is 0 Å². The van der Waals surface area contributed by atoms with Crippen LogP contribution in [-0.4, -0.2) is 10.4 Å². The summed E-state index contributed by atoms with van der Waals surface area (Å²) in [5, 5.41) is 6.16. The molecule has 2 aliphatic heterocycles. The molecule has 0 saturated heterocycles. The Hall–Kier alpha value is -6.59. The first kappa shape index (κ1) is 32.1. The molecular weight excluding hydrogens is 661 g/mol. The summed E-state index contributed by atoms with van der Waals surface area (Å²) in [7, 11) is 0. The van der Waals surface area contributed by atoms with Crippen LogP contribution in [0.1, 0.15) is 36.9 Å². The maximum Gasteiger partial charge on any atom is 0.161 e. The highest BCUT2D eigenvalue weighted by Gasteiger charge is 2.30. The Balaban J connectivity index is 1.09. The molecule has 1 aliphatic carbocycles. The summed E-state index contributed by atoms with van der Waals surface area (Å²) >= 11 is 0. The largest absolute Gasteiger partial charge is 0.452 e. The van der Waals surface area contributed by atoms with E-state index in [2.05, 4.69) is 192 Å². The van der Waals surface area contributed by atoms with Crippen LogP contribution in [0.2, 0.25) is 0 Å². The maximum atomic E-state index is 6.84. The van der Waals surface area contributed by atoms with Crippen LogP contribution in [-0.2, 0) is 0 Å². The van der Waals surface area contributed by atoms with Crippen molar-refractivity contribution >= 4 is 44.7 Å². The number of hydrogen-bond acceptors (Lipinski definition) is 4. The number of nitrogens with one attached hydrogen (secondary N) is 1. The van der Waals surface area contributed by atoms with Crippen molar-refractivity contribution in [2.45, 2.75) is 25.8 Å². The Kier molecular flexibility index (Phi) is 7.98. The monoisotopic (exact) mass is 700 g/mol. The van der Waals surface area contributed by atoms with Gasteiger partial charge in [0.1, 0.15) is 5.84 Å². The van der Waals surface area contributed by atoms with E-state index in [4.69, 9.17) is 9.73 Å². The van der Waals surface area contributed by atoms with Crippen LogP contribution in [0.25, 0.3) is 27.5 Å². The minimum Gasteiger partial charge on any atom is -0.452 e. The van der Waals surface area contributed by atoms with E-state index < -0.39 is 0 Å². The van der Waals surface area contributed by atoms with E-state index in [9.17, 15) is 0 Å². The fourth-order valence-corrected chi connectivity index (χ4v) is 8.43. The second-order valence-corrected chi connectivity index (χ2v) is 14.3. The molecule has 262 valence electrons. The smallest absolute Gasteiger partial charge is 0.161 e. The molecule has 5 heteroatoms. The van der Waals surface area contributed by atoms with Gasteiger partial charge in [-0.25, -0.2) is 4.99 Å². The zero-order valence-corrected chi connectivity index (χ0v) is 30.1. The topological polar surface area (TPSA) is 41.8 Å². The Morgan fingerprint density at radius 1 is 0.704 bits per heavy atom. The quantitative estimate of drug-likeness (QED) is 0.188. The van der Waals surface area contributed by atoms with Gasteiger partial charge in [0, 0.05) is 39.9 Å².